The summed E-state index contributed by atoms with van der Waals surface area (Å²) in [4.78, 5) is 12.2. The molecule has 2 atom stereocenters. The fourth-order valence-electron chi connectivity index (χ4n) is 3.57. The van der Waals surface area contributed by atoms with Crippen molar-refractivity contribution in [3.05, 3.63) is 0 Å². The molecule has 1 amide bonds. The van der Waals surface area contributed by atoms with E-state index in [0.29, 0.717) is 24.8 Å². The second kappa shape index (κ2) is 7.65. The molecule has 0 aliphatic heterocycles. The Kier molecular flexibility index (Phi) is 6.80. The molecule has 0 radical (unpaired) electrons. The molecule has 3 nitrogen and oxygen atoms in total. The zero-order chi connectivity index (χ0) is 13.9. The molecule has 0 aromatic carbocycles. The first-order valence-electron chi connectivity index (χ1n) is 8.06. The van der Waals surface area contributed by atoms with Crippen LogP contribution in [-0.4, -0.2) is 18.0 Å². The van der Waals surface area contributed by atoms with Crippen LogP contribution < -0.4 is 11.1 Å². The maximum atomic E-state index is 12.2. The Bertz CT molecular complexity index is 314. The number of hydrogen-bond acceptors (Lipinski definition) is 2. The second-order valence-electron chi connectivity index (χ2n) is 7.02. The molecule has 4 heteroatoms. The molecular weight excluding hydrogens is 272 g/mol. The standard InChI is InChI=1S/C16H30N2O.ClH/c1-12(13-6-4-3-5-7-13)10-15(19)18-16(2,11-17)14-8-9-14;/h12-14H,3-11,17H2,1-2H3,(H,18,19);1H. The lowest BCUT2D eigenvalue weighted by molar-refractivity contribution is -0.124. The van der Waals surface area contributed by atoms with Crippen LogP contribution in [0.2, 0.25) is 0 Å². The van der Waals surface area contributed by atoms with Gasteiger partial charge >= 0.3 is 0 Å². The van der Waals surface area contributed by atoms with Gasteiger partial charge in [-0.15, -0.1) is 12.4 Å². The zero-order valence-corrected chi connectivity index (χ0v) is 13.8. The van der Waals surface area contributed by atoms with Gasteiger partial charge in [0, 0.05) is 13.0 Å². The summed E-state index contributed by atoms with van der Waals surface area (Å²) in [6.45, 7) is 4.90. The molecule has 0 spiro atoms. The lowest BCUT2D eigenvalue weighted by Gasteiger charge is -2.32. The van der Waals surface area contributed by atoms with Crippen LogP contribution in [0.5, 0.6) is 0 Å². The highest BCUT2D eigenvalue weighted by Gasteiger charge is 2.41. The van der Waals surface area contributed by atoms with Crippen LogP contribution in [0.1, 0.15) is 65.2 Å². The SMILES string of the molecule is CC(CC(=O)NC(C)(CN)C1CC1)C1CCCCC1.Cl. The predicted octanol–water partition coefficient (Wildman–Crippen LogP) is 3.26. The van der Waals surface area contributed by atoms with E-state index in [9.17, 15) is 4.79 Å². The van der Waals surface area contributed by atoms with Crippen LogP contribution in [0.25, 0.3) is 0 Å². The first kappa shape index (κ1) is 17.8. The van der Waals surface area contributed by atoms with E-state index in [1.165, 1.54) is 44.9 Å². The Morgan fingerprint density at radius 2 is 1.85 bits per heavy atom. The molecule has 0 heterocycles. The number of hydrogen-bond donors (Lipinski definition) is 2. The van der Waals surface area contributed by atoms with Crippen molar-refractivity contribution in [3.63, 3.8) is 0 Å². The molecule has 2 rings (SSSR count). The van der Waals surface area contributed by atoms with Crippen LogP contribution in [0.15, 0.2) is 0 Å². The minimum absolute atomic E-state index is 0. The maximum absolute atomic E-state index is 12.2. The zero-order valence-electron chi connectivity index (χ0n) is 13.0. The Morgan fingerprint density at radius 3 is 2.35 bits per heavy atom. The molecule has 2 aliphatic carbocycles. The maximum Gasteiger partial charge on any atom is 0.220 e. The van der Waals surface area contributed by atoms with Crippen LogP contribution in [-0.2, 0) is 4.79 Å². The average Bonchev–Trinajstić information content (AvgIpc) is 3.24. The number of carbonyl (C=O) groups is 1. The number of amides is 1. The Labute approximate surface area is 129 Å². The summed E-state index contributed by atoms with van der Waals surface area (Å²) >= 11 is 0. The summed E-state index contributed by atoms with van der Waals surface area (Å²) in [7, 11) is 0. The van der Waals surface area contributed by atoms with Crippen molar-refractivity contribution in [2.75, 3.05) is 6.54 Å². The van der Waals surface area contributed by atoms with E-state index in [2.05, 4.69) is 19.2 Å². The molecule has 2 fully saturated rings. The van der Waals surface area contributed by atoms with E-state index >= 15 is 0 Å². The normalized spacial score (nSPS) is 24.4. The minimum Gasteiger partial charge on any atom is -0.349 e. The topological polar surface area (TPSA) is 55.1 Å². The molecule has 20 heavy (non-hydrogen) atoms. The number of rotatable bonds is 6. The van der Waals surface area contributed by atoms with E-state index in [4.69, 9.17) is 5.73 Å². The van der Waals surface area contributed by atoms with Gasteiger partial charge in [0.1, 0.15) is 0 Å². The molecule has 0 aromatic rings. The molecule has 118 valence electrons. The lowest BCUT2D eigenvalue weighted by atomic mass is 9.79. The summed E-state index contributed by atoms with van der Waals surface area (Å²) in [6.07, 6.45) is 9.79. The summed E-state index contributed by atoms with van der Waals surface area (Å²) < 4.78 is 0. The average molecular weight is 303 g/mol. The monoisotopic (exact) mass is 302 g/mol. The van der Waals surface area contributed by atoms with Gasteiger partial charge in [-0.25, -0.2) is 0 Å². The smallest absolute Gasteiger partial charge is 0.220 e. The highest BCUT2D eigenvalue weighted by Crippen LogP contribution is 2.39. The summed E-state index contributed by atoms with van der Waals surface area (Å²) in [5.74, 6) is 2.08. The van der Waals surface area contributed by atoms with E-state index in [0.717, 1.165) is 5.92 Å². The van der Waals surface area contributed by atoms with Gasteiger partial charge in [0.25, 0.3) is 0 Å². The van der Waals surface area contributed by atoms with Gasteiger partial charge in [-0.2, -0.15) is 0 Å². The Hall–Kier alpha value is -0.280. The van der Waals surface area contributed by atoms with Crippen molar-refractivity contribution >= 4 is 18.3 Å². The summed E-state index contributed by atoms with van der Waals surface area (Å²) in [5, 5.41) is 3.21. The number of nitrogens with two attached hydrogens (primary N) is 1. The number of halogens is 1. The molecule has 3 N–H and O–H groups in total. The molecule has 2 unspecified atom stereocenters. The quantitative estimate of drug-likeness (QED) is 0.791. The van der Waals surface area contributed by atoms with Crippen LogP contribution in [0.3, 0.4) is 0 Å². The van der Waals surface area contributed by atoms with Crippen LogP contribution in [0, 0.1) is 17.8 Å². The van der Waals surface area contributed by atoms with E-state index in [1.54, 1.807) is 0 Å². The number of nitrogens with one attached hydrogen (secondary N) is 1. The van der Waals surface area contributed by atoms with Gasteiger partial charge in [-0.3, -0.25) is 4.79 Å². The molecule has 0 bridgehead atoms. The van der Waals surface area contributed by atoms with Crippen molar-refractivity contribution in [1.82, 2.24) is 5.32 Å². The Morgan fingerprint density at radius 1 is 1.25 bits per heavy atom. The summed E-state index contributed by atoms with van der Waals surface area (Å²) in [6, 6.07) is 0. The molecule has 2 saturated carbocycles. The van der Waals surface area contributed by atoms with Gasteiger partial charge in [-0.1, -0.05) is 39.0 Å². The van der Waals surface area contributed by atoms with Gasteiger partial charge in [-0.05, 0) is 37.5 Å². The van der Waals surface area contributed by atoms with Crippen molar-refractivity contribution in [3.8, 4) is 0 Å². The third-order valence-electron chi connectivity index (χ3n) is 5.29. The fourth-order valence-corrected chi connectivity index (χ4v) is 3.57. The first-order valence-corrected chi connectivity index (χ1v) is 8.06. The summed E-state index contributed by atoms with van der Waals surface area (Å²) in [5.41, 5.74) is 5.69. The first-order chi connectivity index (χ1) is 9.05. The molecule has 0 saturated heterocycles. The third kappa shape index (κ3) is 4.63. The van der Waals surface area contributed by atoms with Gasteiger partial charge in [0.2, 0.25) is 5.91 Å². The molecular formula is C16H31ClN2O. The van der Waals surface area contributed by atoms with Crippen molar-refractivity contribution in [2.45, 2.75) is 70.8 Å². The van der Waals surface area contributed by atoms with Gasteiger partial charge < -0.3 is 11.1 Å². The third-order valence-corrected chi connectivity index (χ3v) is 5.29. The number of carbonyl (C=O) groups excluding carboxylic acids is 1. The van der Waals surface area contributed by atoms with Gasteiger partial charge in [0.15, 0.2) is 0 Å². The van der Waals surface area contributed by atoms with Gasteiger partial charge in [0.05, 0.1) is 5.54 Å². The van der Waals surface area contributed by atoms with Crippen molar-refractivity contribution < 1.29 is 4.79 Å². The lowest BCUT2D eigenvalue weighted by Crippen LogP contribution is -2.53. The predicted molar refractivity (Wildman–Crippen MR) is 85.9 cm³/mol. The van der Waals surface area contributed by atoms with E-state index in [-0.39, 0.29) is 23.9 Å². The highest BCUT2D eigenvalue weighted by molar-refractivity contribution is 5.85. The minimum atomic E-state index is -0.163. The van der Waals surface area contributed by atoms with E-state index in [1.807, 2.05) is 0 Å². The van der Waals surface area contributed by atoms with Crippen LogP contribution in [0.4, 0.5) is 0 Å². The largest absolute Gasteiger partial charge is 0.349 e. The van der Waals surface area contributed by atoms with Crippen LogP contribution >= 0.6 is 12.4 Å². The van der Waals surface area contributed by atoms with E-state index < -0.39 is 0 Å². The molecule has 0 aromatic heterocycles. The molecule has 2 aliphatic rings. The highest BCUT2D eigenvalue weighted by atomic mass is 35.5. The second-order valence-corrected chi connectivity index (χ2v) is 7.02. The van der Waals surface area contributed by atoms with Crippen molar-refractivity contribution in [1.29, 1.82) is 0 Å². The Balaban J connectivity index is 0.00000200. The fraction of sp³-hybridized carbons (Fsp3) is 0.938. The van der Waals surface area contributed by atoms with Crippen molar-refractivity contribution in [2.24, 2.45) is 23.5 Å².